The van der Waals surface area contributed by atoms with Gasteiger partial charge in [-0.25, -0.2) is 0 Å². The van der Waals surface area contributed by atoms with E-state index in [1.165, 1.54) is 0 Å². The van der Waals surface area contributed by atoms with Crippen LogP contribution in [0.5, 0.6) is 5.75 Å². The number of methoxy groups -OCH3 is 1. The van der Waals surface area contributed by atoms with Gasteiger partial charge >= 0.3 is 0 Å². The molecule has 28 heavy (non-hydrogen) atoms. The summed E-state index contributed by atoms with van der Waals surface area (Å²) in [6, 6.07) is 16.8. The summed E-state index contributed by atoms with van der Waals surface area (Å²) in [5.41, 5.74) is 1.51. The molecule has 2 amide bonds. The highest BCUT2D eigenvalue weighted by atomic mass is 16.5. The molecule has 2 heterocycles. The fourth-order valence-corrected chi connectivity index (χ4v) is 3.96. The van der Waals surface area contributed by atoms with Gasteiger partial charge in [-0.3, -0.25) is 9.59 Å². The van der Waals surface area contributed by atoms with E-state index in [0.29, 0.717) is 25.2 Å². The van der Waals surface area contributed by atoms with Crippen molar-refractivity contribution in [3.05, 3.63) is 60.2 Å². The highest BCUT2D eigenvalue weighted by Crippen LogP contribution is 2.28. The quantitative estimate of drug-likeness (QED) is 0.821. The van der Waals surface area contributed by atoms with Gasteiger partial charge in [-0.05, 0) is 42.8 Å². The average molecular weight is 380 g/mol. The molecule has 0 radical (unpaired) electrons. The number of anilines is 1. The summed E-state index contributed by atoms with van der Waals surface area (Å²) in [5.74, 6) is 0.781. The van der Waals surface area contributed by atoms with Crippen LogP contribution in [0.2, 0.25) is 0 Å². The fourth-order valence-electron chi connectivity index (χ4n) is 3.96. The van der Waals surface area contributed by atoms with Gasteiger partial charge in [-0.15, -0.1) is 0 Å². The number of para-hydroxylation sites is 1. The van der Waals surface area contributed by atoms with Gasteiger partial charge in [0.15, 0.2) is 0 Å². The van der Waals surface area contributed by atoms with Crippen LogP contribution in [0.15, 0.2) is 54.6 Å². The zero-order valence-corrected chi connectivity index (χ0v) is 15.9. The van der Waals surface area contributed by atoms with Crippen LogP contribution in [0.1, 0.15) is 16.8 Å². The molecule has 0 aromatic heterocycles. The van der Waals surface area contributed by atoms with Crippen molar-refractivity contribution in [1.82, 2.24) is 4.90 Å². The van der Waals surface area contributed by atoms with Crippen molar-refractivity contribution in [1.29, 1.82) is 0 Å². The molecule has 0 saturated carbocycles. The van der Waals surface area contributed by atoms with E-state index in [-0.39, 0.29) is 30.4 Å². The molecule has 4 rings (SSSR count). The number of hydrogen-bond acceptors (Lipinski definition) is 4. The Hall–Kier alpha value is -2.86. The highest BCUT2D eigenvalue weighted by Gasteiger charge is 2.37. The molecule has 0 aliphatic carbocycles. The first kappa shape index (κ1) is 18.5. The molecule has 0 spiro atoms. The van der Waals surface area contributed by atoms with Crippen LogP contribution in [0.3, 0.4) is 0 Å². The van der Waals surface area contributed by atoms with Gasteiger partial charge < -0.3 is 19.3 Å². The fraction of sp³-hybridized carbons (Fsp3) is 0.364. The third kappa shape index (κ3) is 3.73. The van der Waals surface area contributed by atoms with Crippen molar-refractivity contribution < 1.29 is 19.1 Å². The number of benzene rings is 2. The van der Waals surface area contributed by atoms with E-state index in [2.05, 4.69) is 0 Å². The van der Waals surface area contributed by atoms with Crippen LogP contribution < -0.4 is 9.64 Å². The maximum atomic E-state index is 12.9. The number of carbonyl (C=O) groups excluding carboxylic acids is 2. The maximum Gasteiger partial charge on any atom is 0.253 e. The van der Waals surface area contributed by atoms with Gasteiger partial charge in [-0.1, -0.05) is 18.2 Å². The van der Waals surface area contributed by atoms with Gasteiger partial charge in [-0.2, -0.15) is 0 Å². The first-order chi connectivity index (χ1) is 13.7. The Morgan fingerprint density at radius 2 is 1.82 bits per heavy atom. The zero-order valence-electron chi connectivity index (χ0n) is 15.9. The monoisotopic (exact) mass is 380 g/mol. The van der Waals surface area contributed by atoms with Gasteiger partial charge in [0.25, 0.3) is 11.8 Å². The molecule has 6 nitrogen and oxygen atoms in total. The van der Waals surface area contributed by atoms with E-state index in [9.17, 15) is 9.59 Å². The standard InChI is InChI=1S/C22H24N2O4/c1-27-19-9-7-16(8-10-19)22(26)23-12-11-20-17(13-23)14-24(21(25)15-28-20)18-5-3-2-4-6-18/h2-10,17,20H,11-15H2,1H3/t17-,20+/m1/s1. The lowest BCUT2D eigenvalue weighted by molar-refractivity contribution is -0.124. The van der Waals surface area contributed by atoms with E-state index < -0.39 is 0 Å². The molecule has 0 unspecified atom stereocenters. The van der Waals surface area contributed by atoms with Crippen molar-refractivity contribution >= 4 is 17.5 Å². The third-order valence-electron chi connectivity index (χ3n) is 5.50. The summed E-state index contributed by atoms with van der Waals surface area (Å²) in [4.78, 5) is 29.2. The number of likely N-dealkylation sites (tertiary alicyclic amines) is 1. The predicted molar refractivity (Wildman–Crippen MR) is 106 cm³/mol. The van der Waals surface area contributed by atoms with Gasteiger partial charge in [0.1, 0.15) is 12.4 Å². The van der Waals surface area contributed by atoms with Gasteiger partial charge in [0.2, 0.25) is 0 Å². The second-order valence-electron chi connectivity index (χ2n) is 7.22. The molecule has 2 fully saturated rings. The highest BCUT2D eigenvalue weighted by molar-refractivity contribution is 5.95. The smallest absolute Gasteiger partial charge is 0.253 e. The first-order valence-corrected chi connectivity index (χ1v) is 9.56. The normalized spacial score (nSPS) is 22.4. The van der Waals surface area contributed by atoms with Crippen LogP contribution in [0, 0.1) is 5.92 Å². The van der Waals surface area contributed by atoms with Crippen molar-refractivity contribution in [2.24, 2.45) is 5.92 Å². The van der Waals surface area contributed by atoms with Crippen LogP contribution in [-0.4, -0.2) is 56.2 Å². The molecule has 6 heteroatoms. The van der Waals surface area contributed by atoms with E-state index in [4.69, 9.17) is 9.47 Å². The Morgan fingerprint density at radius 1 is 1.07 bits per heavy atom. The molecule has 2 aliphatic rings. The number of piperidine rings is 1. The molecular formula is C22H24N2O4. The Balaban J connectivity index is 1.50. The number of fused-ring (bicyclic) bond motifs is 1. The number of amides is 2. The molecule has 2 atom stereocenters. The summed E-state index contributed by atoms with van der Waals surface area (Å²) >= 11 is 0. The number of ether oxygens (including phenoxy) is 2. The molecule has 2 aliphatic heterocycles. The van der Waals surface area contributed by atoms with Crippen molar-refractivity contribution in [2.75, 3.05) is 38.3 Å². The average Bonchev–Trinajstić information content (AvgIpc) is 2.92. The molecule has 0 bridgehead atoms. The second kappa shape index (κ2) is 8.02. The van der Waals surface area contributed by atoms with Crippen LogP contribution in [0.4, 0.5) is 5.69 Å². The largest absolute Gasteiger partial charge is 0.497 e. The predicted octanol–water partition coefficient (Wildman–Crippen LogP) is 2.59. The molecule has 2 aromatic rings. The summed E-state index contributed by atoms with van der Waals surface area (Å²) in [6.45, 7) is 1.85. The lowest BCUT2D eigenvalue weighted by atomic mass is 9.93. The minimum absolute atomic E-state index is 0.00224. The number of hydrogen-bond donors (Lipinski definition) is 0. The van der Waals surface area contributed by atoms with Crippen molar-refractivity contribution in [2.45, 2.75) is 12.5 Å². The molecule has 2 saturated heterocycles. The topological polar surface area (TPSA) is 59.1 Å². The van der Waals surface area contributed by atoms with Crippen molar-refractivity contribution in [3.8, 4) is 5.75 Å². The Labute approximate surface area is 164 Å². The molecular weight excluding hydrogens is 356 g/mol. The lowest BCUT2D eigenvalue weighted by Gasteiger charge is -2.38. The van der Waals surface area contributed by atoms with Gasteiger partial charge in [0, 0.05) is 36.8 Å². The lowest BCUT2D eigenvalue weighted by Crippen LogP contribution is -2.49. The zero-order chi connectivity index (χ0) is 19.5. The van der Waals surface area contributed by atoms with E-state index in [1.807, 2.05) is 35.2 Å². The van der Waals surface area contributed by atoms with Crippen LogP contribution >= 0.6 is 0 Å². The summed E-state index contributed by atoms with van der Waals surface area (Å²) < 4.78 is 11.1. The summed E-state index contributed by atoms with van der Waals surface area (Å²) in [7, 11) is 1.60. The van der Waals surface area contributed by atoms with E-state index in [1.54, 1.807) is 36.3 Å². The molecule has 2 aromatic carbocycles. The molecule has 146 valence electrons. The Morgan fingerprint density at radius 3 is 2.54 bits per heavy atom. The number of rotatable bonds is 3. The molecule has 0 N–H and O–H groups in total. The first-order valence-electron chi connectivity index (χ1n) is 9.56. The summed E-state index contributed by atoms with van der Waals surface area (Å²) in [5, 5.41) is 0. The van der Waals surface area contributed by atoms with Crippen LogP contribution in [-0.2, 0) is 9.53 Å². The summed E-state index contributed by atoms with van der Waals surface area (Å²) in [6.07, 6.45) is 0.736. The van der Waals surface area contributed by atoms with E-state index in [0.717, 1.165) is 17.9 Å². The van der Waals surface area contributed by atoms with Crippen LogP contribution in [0.25, 0.3) is 0 Å². The minimum Gasteiger partial charge on any atom is -0.497 e. The Bertz CT molecular complexity index is 837. The second-order valence-corrected chi connectivity index (χ2v) is 7.22. The SMILES string of the molecule is COc1ccc(C(=O)N2CC[C@@H]3OCC(=O)N(c4ccccc4)C[C@H]3C2)cc1. The van der Waals surface area contributed by atoms with Crippen molar-refractivity contribution in [3.63, 3.8) is 0 Å². The number of carbonyl (C=O) groups is 2. The van der Waals surface area contributed by atoms with E-state index >= 15 is 0 Å². The minimum atomic E-state index is -0.0337. The maximum absolute atomic E-state index is 12.9. The Kier molecular flexibility index (Phi) is 5.30. The number of nitrogens with zero attached hydrogens (tertiary/aromatic N) is 2. The van der Waals surface area contributed by atoms with Gasteiger partial charge in [0.05, 0.1) is 13.2 Å². The third-order valence-corrected chi connectivity index (χ3v) is 5.50.